The predicted octanol–water partition coefficient (Wildman–Crippen LogP) is 1.67. The van der Waals surface area contributed by atoms with E-state index in [9.17, 15) is 4.79 Å². The fourth-order valence-corrected chi connectivity index (χ4v) is 1.24. The Morgan fingerprint density at radius 1 is 1.69 bits per heavy atom. The van der Waals surface area contributed by atoms with E-state index in [1.807, 2.05) is 0 Å². The number of methoxy groups -OCH3 is 1. The van der Waals surface area contributed by atoms with E-state index in [0.29, 0.717) is 15.9 Å². The van der Waals surface area contributed by atoms with Crippen molar-refractivity contribution < 1.29 is 9.53 Å². The van der Waals surface area contributed by atoms with Crippen molar-refractivity contribution in [3.05, 3.63) is 22.4 Å². The molecule has 0 spiro atoms. The molecule has 0 unspecified atom stereocenters. The standard InChI is InChI=1S/C8H9BrN2O2/c1-10-6-4-11-7(9)3-5(6)8(12)13-2/h3-4,10H,1-2H3. The van der Waals surface area contributed by atoms with Crippen LogP contribution in [0.4, 0.5) is 5.69 Å². The molecule has 1 N–H and O–H groups in total. The van der Waals surface area contributed by atoms with Crippen molar-refractivity contribution in [3.63, 3.8) is 0 Å². The van der Waals surface area contributed by atoms with Gasteiger partial charge in [0.05, 0.1) is 24.6 Å². The van der Waals surface area contributed by atoms with Crippen LogP contribution in [0.2, 0.25) is 0 Å². The Kier molecular flexibility index (Phi) is 3.25. The molecular formula is C8H9BrN2O2. The Morgan fingerprint density at radius 2 is 2.38 bits per heavy atom. The van der Waals surface area contributed by atoms with E-state index in [0.717, 1.165) is 0 Å². The van der Waals surface area contributed by atoms with E-state index >= 15 is 0 Å². The molecule has 0 aliphatic rings. The summed E-state index contributed by atoms with van der Waals surface area (Å²) >= 11 is 3.18. The van der Waals surface area contributed by atoms with Gasteiger partial charge in [0.15, 0.2) is 0 Å². The van der Waals surface area contributed by atoms with Gasteiger partial charge in [-0.05, 0) is 22.0 Å². The van der Waals surface area contributed by atoms with E-state index in [1.165, 1.54) is 7.11 Å². The molecule has 0 amide bonds. The first-order chi connectivity index (χ1) is 6.19. The highest BCUT2D eigenvalue weighted by atomic mass is 79.9. The van der Waals surface area contributed by atoms with Crippen molar-refractivity contribution in [1.29, 1.82) is 0 Å². The largest absolute Gasteiger partial charge is 0.465 e. The van der Waals surface area contributed by atoms with Crippen LogP contribution < -0.4 is 5.32 Å². The second kappa shape index (κ2) is 4.23. The Morgan fingerprint density at radius 3 is 2.92 bits per heavy atom. The van der Waals surface area contributed by atoms with Crippen molar-refractivity contribution in [2.45, 2.75) is 0 Å². The van der Waals surface area contributed by atoms with Crippen LogP contribution in [-0.4, -0.2) is 25.1 Å². The number of hydrogen-bond donors (Lipinski definition) is 1. The summed E-state index contributed by atoms with van der Waals surface area (Å²) in [7, 11) is 3.06. The number of anilines is 1. The second-order valence-corrected chi connectivity index (χ2v) is 3.11. The summed E-state index contributed by atoms with van der Waals surface area (Å²) < 4.78 is 5.21. The van der Waals surface area contributed by atoms with Crippen LogP contribution in [0, 0.1) is 0 Å². The summed E-state index contributed by atoms with van der Waals surface area (Å²) in [5.41, 5.74) is 1.11. The number of ether oxygens (including phenoxy) is 1. The van der Waals surface area contributed by atoms with Crippen LogP contribution in [0.5, 0.6) is 0 Å². The molecule has 0 aliphatic heterocycles. The van der Waals surface area contributed by atoms with E-state index in [1.54, 1.807) is 19.3 Å². The molecule has 4 nitrogen and oxygen atoms in total. The Labute approximate surface area is 84.4 Å². The fraction of sp³-hybridized carbons (Fsp3) is 0.250. The molecular weight excluding hydrogens is 236 g/mol. The third-order valence-corrected chi connectivity index (χ3v) is 1.98. The normalized spacial score (nSPS) is 9.46. The van der Waals surface area contributed by atoms with Gasteiger partial charge < -0.3 is 10.1 Å². The number of aromatic nitrogens is 1. The van der Waals surface area contributed by atoms with Gasteiger partial charge in [-0.3, -0.25) is 0 Å². The van der Waals surface area contributed by atoms with Gasteiger partial charge >= 0.3 is 5.97 Å². The molecule has 0 atom stereocenters. The number of pyridine rings is 1. The van der Waals surface area contributed by atoms with Crippen molar-refractivity contribution in [1.82, 2.24) is 4.98 Å². The summed E-state index contributed by atoms with van der Waals surface area (Å²) in [6.07, 6.45) is 1.57. The third-order valence-electron chi connectivity index (χ3n) is 1.55. The number of carbonyl (C=O) groups excluding carboxylic acids is 1. The molecule has 1 heterocycles. The van der Waals surface area contributed by atoms with Gasteiger partial charge in [-0.2, -0.15) is 0 Å². The molecule has 0 aromatic carbocycles. The SMILES string of the molecule is CNc1cnc(Br)cc1C(=O)OC. The number of esters is 1. The molecule has 0 bridgehead atoms. The van der Waals surface area contributed by atoms with Crippen LogP contribution >= 0.6 is 15.9 Å². The van der Waals surface area contributed by atoms with Gasteiger partial charge in [-0.15, -0.1) is 0 Å². The number of hydrogen-bond acceptors (Lipinski definition) is 4. The van der Waals surface area contributed by atoms with Crippen molar-refractivity contribution in [2.75, 3.05) is 19.5 Å². The van der Waals surface area contributed by atoms with Gasteiger partial charge in [0.1, 0.15) is 4.60 Å². The van der Waals surface area contributed by atoms with Gasteiger partial charge in [0.2, 0.25) is 0 Å². The van der Waals surface area contributed by atoms with Crippen molar-refractivity contribution >= 4 is 27.6 Å². The second-order valence-electron chi connectivity index (χ2n) is 2.29. The molecule has 0 saturated heterocycles. The lowest BCUT2D eigenvalue weighted by Crippen LogP contribution is -2.06. The van der Waals surface area contributed by atoms with E-state index in [4.69, 9.17) is 0 Å². The lowest BCUT2D eigenvalue weighted by molar-refractivity contribution is 0.0601. The van der Waals surface area contributed by atoms with Gasteiger partial charge in [-0.1, -0.05) is 0 Å². The minimum atomic E-state index is -0.382. The quantitative estimate of drug-likeness (QED) is 0.636. The molecule has 0 saturated carbocycles. The minimum absolute atomic E-state index is 0.382. The summed E-state index contributed by atoms with van der Waals surface area (Å²) in [5.74, 6) is -0.382. The predicted molar refractivity (Wildman–Crippen MR) is 52.8 cm³/mol. The summed E-state index contributed by atoms with van der Waals surface area (Å²) in [5, 5.41) is 2.85. The maximum atomic E-state index is 11.2. The molecule has 13 heavy (non-hydrogen) atoms. The first-order valence-corrected chi connectivity index (χ1v) is 4.40. The van der Waals surface area contributed by atoms with E-state index < -0.39 is 0 Å². The van der Waals surface area contributed by atoms with Crippen molar-refractivity contribution in [3.8, 4) is 0 Å². The monoisotopic (exact) mass is 244 g/mol. The number of halogens is 1. The Balaban J connectivity index is 3.15. The Bertz CT molecular complexity index is 328. The molecule has 0 aliphatic carbocycles. The number of rotatable bonds is 2. The molecule has 5 heteroatoms. The maximum Gasteiger partial charge on any atom is 0.340 e. The first kappa shape index (κ1) is 9.98. The smallest absolute Gasteiger partial charge is 0.340 e. The van der Waals surface area contributed by atoms with Gasteiger partial charge in [0.25, 0.3) is 0 Å². The summed E-state index contributed by atoms with van der Waals surface area (Å²) in [4.78, 5) is 15.2. The van der Waals surface area contributed by atoms with Crippen LogP contribution in [0.25, 0.3) is 0 Å². The third kappa shape index (κ3) is 2.18. The highest BCUT2D eigenvalue weighted by molar-refractivity contribution is 9.10. The molecule has 0 fully saturated rings. The maximum absolute atomic E-state index is 11.2. The summed E-state index contributed by atoms with van der Waals surface area (Å²) in [6.45, 7) is 0. The summed E-state index contributed by atoms with van der Waals surface area (Å²) in [6, 6.07) is 1.61. The van der Waals surface area contributed by atoms with E-state index in [-0.39, 0.29) is 5.97 Å². The average molecular weight is 245 g/mol. The van der Waals surface area contributed by atoms with Gasteiger partial charge in [-0.25, -0.2) is 9.78 Å². The zero-order valence-electron chi connectivity index (χ0n) is 7.30. The fourth-order valence-electron chi connectivity index (χ4n) is 0.908. The molecule has 1 aromatic heterocycles. The molecule has 1 aromatic rings. The number of nitrogens with zero attached hydrogens (tertiary/aromatic N) is 1. The first-order valence-electron chi connectivity index (χ1n) is 3.60. The minimum Gasteiger partial charge on any atom is -0.465 e. The molecule has 0 radical (unpaired) electrons. The number of nitrogens with one attached hydrogen (secondary N) is 1. The lowest BCUT2D eigenvalue weighted by Gasteiger charge is -2.06. The van der Waals surface area contributed by atoms with Crippen LogP contribution in [0.3, 0.4) is 0 Å². The van der Waals surface area contributed by atoms with Crippen LogP contribution in [0.1, 0.15) is 10.4 Å². The van der Waals surface area contributed by atoms with Crippen LogP contribution in [0.15, 0.2) is 16.9 Å². The molecule has 1 rings (SSSR count). The highest BCUT2D eigenvalue weighted by Crippen LogP contribution is 2.18. The highest BCUT2D eigenvalue weighted by Gasteiger charge is 2.11. The zero-order chi connectivity index (χ0) is 9.84. The topological polar surface area (TPSA) is 51.2 Å². The molecule has 70 valence electrons. The Hall–Kier alpha value is -1.10. The zero-order valence-corrected chi connectivity index (χ0v) is 8.88. The van der Waals surface area contributed by atoms with Gasteiger partial charge in [0, 0.05) is 7.05 Å². The van der Waals surface area contributed by atoms with Crippen molar-refractivity contribution in [2.24, 2.45) is 0 Å². The number of carbonyl (C=O) groups is 1. The average Bonchev–Trinajstić information content (AvgIpc) is 2.16. The van der Waals surface area contributed by atoms with E-state index in [2.05, 4.69) is 31.0 Å². The lowest BCUT2D eigenvalue weighted by atomic mass is 10.2. The van der Waals surface area contributed by atoms with Crippen LogP contribution in [-0.2, 0) is 4.74 Å².